The van der Waals surface area contributed by atoms with Gasteiger partial charge in [0.25, 0.3) is 0 Å². The van der Waals surface area contributed by atoms with Crippen LogP contribution in [-0.2, 0) is 4.79 Å². The van der Waals surface area contributed by atoms with Crippen LogP contribution in [0.3, 0.4) is 0 Å². The van der Waals surface area contributed by atoms with Crippen molar-refractivity contribution in [3.05, 3.63) is 29.3 Å². The molecule has 0 radical (unpaired) electrons. The van der Waals surface area contributed by atoms with Gasteiger partial charge >= 0.3 is 0 Å². The van der Waals surface area contributed by atoms with Crippen LogP contribution in [-0.4, -0.2) is 29.9 Å². The van der Waals surface area contributed by atoms with Crippen molar-refractivity contribution >= 4 is 23.2 Å². The number of carbonyl (C=O) groups is 1. The quantitative estimate of drug-likeness (QED) is 0.892. The number of hydrogen-bond donors (Lipinski definition) is 1. The standard InChI is InChI=1S/C16H23ClN2O/c1-2-15-5-3-4-11-19(15)12-10-16(20)18-14-8-6-13(17)7-9-14/h6-9,15H,2-5,10-12H2,1H3,(H,18,20). The molecule has 1 saturated heterocycles. The minimum absolute atomic E-state index is 0.0766. The summed E-state index contributed by atoms with van der Waals surface area (Å²) in [6, 6.07) is 7.89. The second-order valence-corrected chi connectivity index (χ2v) is 5.84. The molecule has 1 atom stereocenters. The predicted molar refractivity (Wildman–Crippen MR) is 84.2 cm³/mol. The molecule has 0 saturated carbocycles. The zero-order valence-electron chi connectivity index (χ0n) is 12.1. The van der Waals surface area contributed by atoms with E-state index in [9.17, 15) is 4.79 Å². The maximum atomic E-state index is 12.0. The summed E-state index contributed by atoms with van der Waals surface area (Å²) in [7, 11) is 0. The van der Waals surface area contributed by atoms with Gasteiger partial charge in [0.15, 0.2) is 0 Å². The van der Waals surface area contributed by atoms with Crippen LogP contribution in [0.1, 0.15) is 39.0 Å². The van der Waals surface area contributed by atoms with Gasteiger partial charge in [0.1, 0.15) is 0 Å². The van der Waals surface area contributed by atoms with E-state index in [0.717, 1.165) is 18.8 Å². The second kappa shape index (κ2) is 7.65. The summed E-state index contributed by atoms with van der Waals surface area (Å²) >= 11 is 5.82. The van der Waals surface area contributed by atoms with Crippen molar-refractivity contribution in [2.24, 2.45) is 0 Å². The molecule has 1 fully saturated rings. The first-order valence-electron chi connectivity index (χ1n) is 7.48. The lowest BCUT2D eigenvalue weighted by Gasteiger charge is -2.35. The highest BCUT2D eigenvalue weighted by atomic mass is 35.5. The predicted octanol–water partition coefficient (Wildman–Crippen LogP) is 3.93. The SMILES string of the molecule is CCC1CCCCN1CCC(=O)Nc1ccc(Cl)cc1. The summed E-state index contributed by atoms with van der Waals surface area (Å²) in [5, 5.41) is 3.60. The zero-order chi connectivity index (χ0) is 14.4. The Morgan fingerprint density at radius 1 is 1.35 bits per heavy atom. The number of nitrogens with one attached hydrogen (secondary N) is 1. The van der Waals surface area contributed by atoms with Crippen molar-refractivity contribution in [2.45, 2.75) is 45.1 Å². The molecule has 0 bridgehead atoms. The minimum Gasteiger partial charge on any atom is -0.326 e. The van der Waals surface area contributed by atoms with Gasteiger partial charge in [0, 0.05) is 29.7 Å². The Bertz CT molecular complexity index is 433. The maximum Gasteiger partial charge on any atom is 0.225 e. The highest BCUT2D eigenvalue weighted by Gasteiger charge is 2.20. The molecular weight excluding hydrogens is 272 g/mol. The summed E-state index contributed by atoms with van der Waals surface area (Å²) in [6.07, 6.45) is 5.59. The third kappa shape index (κ3) is 4.50. The molecule has 2 rings (SSSR count). The van der Waals surface area contributed by atoms with Gasteiger partial charge in [-0.15, -0.1) is 0 Å². The molecule has 4 heteroatoms. The second-order valence-electron chi connectivity index (χ2n) is 5.40. The molecule has 1 aliphatic rings. The van der Waals surface area contributed by atoms with Crippen LogP contribution in [0, 0.1) is 0 Å². The van der Waals surface area contributed by atoms with Crippen molar-refractivity contribution in [1.29, 1.82) is 0 Å². The van der Waals surface area contributed by atoms with E-state index < -0.39 is 0 Å². The lowest BCUT2D eigenvalue weighted by atomic mass is 10.00. The lowest BCUT2D eigenvalue weighted by molar-refractivity contribution is -0.116. The van der Waals surface area contributed by atoms with Gasteiger partial charge in [-0.1, -0.05) is 24.9 Å². The Balaban J connectivity index is 1.78. The Labute approximate surface area is 126 Å². The first-order chi connectivity index (χ1) is 9.69. The Hall–Kier alpha value is -1.06. The first kappa shape index (κ1) is 15.3. The van der Waals surface area contributed by atoms with E-state index in [2.05, 4.69) is 17.1 Å². The Kier molecular flexibility index (Phi) is 5.86. The molecule has 0 aromatic heterocycles. The number of hydrogen-bond acceptors (Lipinski definition) is 2. The Morgan fingerprint density at radius 3 is 2.80 bits per heavy atom. The third-order valence-corrected chi connectivity index (χ3v) is 4.23. The molecule has 1 aliphatic heterocycles. The van der Waals surface area contributed by atoms with Gasteiger partial charge in [-0.2, -0.15) is 0 Å². The van der Waals surface area contributed by atoms with E-state index in [1.165, 1.54) is 25.7 Å². The molecule has 1 N–H and O–H groups in total. The number of halogens is 1. The maximum absolute atomic E-state index is 12.0. The number of benzene rings is 1. The topological polar surface area (TPSA) is 32.3 Å². The molecule has 110 valence electrons. The number of likely N-dealkylation sites (tertiary alicyclic amines) is 1. The molecule has 3 nitrogen and oxygen atoms in total. The molecule has 20 heavy (non-hydrogen) atoms. The van der Waals surface area contributed by atoms with Crippen molar-refractivity contribution in [1.82, 2.24) is 4.90 Å². The smallest absolute Gasteiger partial charge is 0.225 e. The molecule has 0 aliphatic carbocycles. The third-order valence-electron chi connectivity index (χ3n) is 3.97. The van der Waals surface area contributed by atoms with Crippen LogP contribution in [0.25, 0.3) is 0 Å². The van der Waals surface area contributed by atoms with Gasteiger partial charge in [0.05, 0.1) is 0 Å². The summed E-state index contributed by atoms with van der Waals surface area (Å²) < 4.78 is 0. The molecule has 1 unspecified atom stereocenters. The van der Waals surface area contributed by atoms with Gasteiger partial charge in [-0.25, -0.2) is 0 Å². The monoisotopic (exact) mass is 294 g/mol. The summed E-state index contributed by atoms with van der Waals surface area (Å²) in [4.78, 5) is 14.4. The number of carbonyl (C=O) groups excluding carboxylic acids is 1. The molecule has 1 heterocycles. The van der Waals surface area contributed by atoms with Gasteiger partial charge < -0.3 is 5.32 Å². The fourth-order valence-electron chi connectivity index (χ4n) is 2.82. The van der Waals surface area contributed by atoms with Crippen LogP contribution in [0.5, 0.6) is 0 Å². The number of piperidine rings is 1. The van der Waals surface area contributed by atoms with Crippen LogP contribution in [0.4, 0.5) is 5.69 Å². The van der Waals surface area contributed by atoms with E-state index in [-0.39, 0.29) is 5.91 Å². The van der Waals surface area contributed by atoms with Gasteiger partial charge in [-0.05, 0) is 50.1 Å². The first-order valence-corrected chi connectivity index (χ1v) is 7.86. The number of anilines is 1. The number of rotatable bonds is 5. The van der Waals surface area contributed by atoms with Crippen LogP contribution < -0.4 is 5.32 Å². The zero-order valence-corrected chi connectivity index (χ0v) is 12.8. The molecule has 1 amide bonds. The number of nitrogens with zero attached hydrogens (tertiary/aromatic N) is 1. The fraction of sp³-hybridized carbons (Fsp3) is 0.562. The van der Waals surface area contributed by atoms with E-state index in [1.54, 1.807) is 12.1 Å². The van der Waals surface area contributed by atoms with E-state index in [1.807, 2.05) is 12.1 Å². The largest absolute Gasteiger partial charge is 0.326 e. The van der Waals surface area contributed by atoms with Crippen LogP contribution in [0.15, 0.2) is 24.3 Å². The number of amides is 1. The van der Waals surface area contributed by atoms with Crippen molar-refractivity contribution < 1.29 is 4.79 Å². The van der Waals surface area contributed by atoms with Gasteiger partial charge in [-0.3, -0.25) is 9.69 Å². The van der Waals surface area contributed by atoms with E-state index >= 15 is 0 Å². The molecule has 0 spiro atoms. The highest BCUT2D eigenvalue weighted by molar-refractivity contribution is 6.30. The van der Waals surface area contributed by atoms with E-state index in [0.29, 0.717) is 17.5 Å². The normalized spacial score (nSPS) is 19.8. The van der Waals surface area contributed by atoms with Crippen molar-refractivity contribution in [3.63, 3.8) is 0 Å². The van der Waals surface area contributed by atoms with Crippen LogP contribution >= 0.6 is 11.6 Å². The van der Waals surface area contributed by atoms with Crippen LogP contribution in [0.2, 0.25) is 5.02 Å². The lowest BCUT2D eigenvalue weighted by Crippen LogP contribution is -2.40. The Morgan fingerprint density at radius 2 is 2.10 bits per heavy atom. The fourth-order valence-corrected chi connectivity index (χ4v) is 2.94. The average Bonchev–Trinajstić information content (AvgIpc) is 2.48. The van der Waals surface area contributed by atoms with E-state index in [4.69, 9.17) is 11.6 Å². The molecule has 1 aromatic rings. The minimum atomic E-state index is 0.0766. The average molecular weight is 295 g/mol. The molecular formula is C16H23ClN2O. The van der Waals surface area contributed by atoms with Crippen molar-refractivity contribution in [3.8, 4) is 0 Å². The summed E-state index contributed by atoms with van der Waals surface area (Å²) in [6.45, 7) is 4.22. The highest BCUT2D eigenvalue weighted by Crippen LogP contribution is 2.19. The van der Waals surface area contributed by atoms with Crippen molar-refractivity contribution in [2.75, 3.05) is 18.4 Å². The summed E-state index contributed by atoms with van der Waals surface area (Å²) in [5.74, 6) is 0.0766. The summed E-state index contributed by atoms with van der Waals surface area (Å²) in [5.41, 5.74) is 0.810. The van der Waals surface area contributed by atoms with Gasteiger partial charge in [0.2, 0.25) is 5.91 Å². The molecule has 1 aromatic carbocycles.